The average molecular weight is 128 g/mol. The fraction of sp³-hybridized carbons (Fsp3) is 0.714. The summed E-state index contributed by atoms with van der Waals surface area (Å²) >= 11 is 0. The zero-order chi connectivity index (χ0) is 7.11. The normalized spacial score (nSPS) is 9.11. The number of hydrazine groups is 1. The molecule has 0 radical (unpaired) electrons. The third-order valence-corrected chi connectivity index (χ3v) is 1.13. The Morgan fingerprint density at radius 2 is 2.22 bits per heavy atom. The Morgan fingerprint density at radius 1 is 1.56 bits per heavy atom. The molecule has 0 rings (SSSR count). The average Bonchev–Trinajstić information content (AvgIpc) is 1.91. The van der Waals surface area contributed by atoms with Crippen LogP contribution in [0.25, 0.3) is 0 Å². The predicted molar refractivity (Wildman–Crippen MR) is 40.9 cm³/mol. The fourth-order valence-electron chi connectivity index (χ4n) is 0.561. The zero-order valence-corrected chi connectivity index (χ0v) is 6.35. The zero-order valence-electron chi connectivity index (χ0n) is 6.35. The van der Waals surface area contributed by atoms with Crippen molar-refractivity contribution in [2.45, 2.75) is 20.3 Å². The lowest BCUT2D eigenvalue weighted by Crippen LogP contribution is -2.33. The highest BCUT2D eigenvalue weighted by Gasteiger charge is 1.88. The van der Waals surface area contributed by atoms with Crippen molar-refractivity contribution in [3.8, 4) is 0 Å². The maximum Gasteiger partial charge on any atom is 0.0309 e. The van der Waals surface area contributed by atoms with Gasteiger partial charge in [0.15, 0.2) is 0 Å². The quantitative estimate of drug-likeness (QED) is 0.562. The maximum absolute atomic E-state index is 3.65. The molecule has 2 heteroatoms. The Balaban J connectivity index is 3.20. The van der Waals surface area contributed by atoms with E-state index in [1.807, 2.05) is 5.01 Å². The van der Waals surface area contributed by atoms with Crippen LogP contribution in [0.2, 0.25) is 0 Å². The van der Waals surface area contributed by atoms with Gasteiger partial charge in [-0.2, -0.15) is 0 Å². The summed E-state index contributed by atoms with van der Waals surface area (Å²) in [6.45, 7) is 9.88. The van der Waals surface area contributed by atoms with Gasteiger partial charge < -0.3 is 5.01 Å². The first-order valence-electron chi connectivity index (χ1n) is 3.47. The van der Waals surface area contributed by atoms with Crippen LogP contribution in [0.4, 0.5) is 0 Å². The summed E-state index contributed by atoms with van der Waals surface area (Å²) < 4.78 is 0. The molecule has 0 aliphatic rings. The highest BCUT2D eigenvalue weighted by molar-refractivity contribution is 4.64. The summed E-state index contributed by atoms with van der Waals surface area (Å²) in [6.07, 6.45) is 2.96. The maximum atomic E-state index is 3.65. The van der Waals surface area contributed by atoms with Gasteiger partial charge in [0.1, 0.15) is 0 Å². The fourth-order valence-corrected chi connectivity index (χ4v) is 0.561. The van der Waals surface area contributed by atoms with Crippen molar-refractivity contribution in [1.29, 1.82) is 0 Å². The van der Waals surface area contributed by atoms with Gasteiger partial charge in [-0.05, 0) is 13.3 Å². The molecule has 2 nitrogen and oxygen atoms in total. The van der Waals surface area contributed by atoms with Crippen LogP contribution in [0, 0.1) is 0 Å². The molecule has 0 amide bonds. The molecular formula is C7H16N2. The van der Waals surface area contributed by atoms with E-state index in [0.29, 0.717) is 0 Å². The molecule has 0 aromatic heterocycles. The smallest absolute Gasteiger partial charge is 0.0309 e. The molecule has 0 aromatic carbocycles. The third-order valence-electron chi connectivity index (χ3n) is 1.13. The molecule has 0 aliphatic heterocycles. The molecule has 0 bridgehead atoms. The Labute approximate surface area is 57.5 Å². The number of hydrogen-bond donors (Lipinski definition) is 1. The molecule has 0 saturated heterocycles. The van der Waals surface area contributed by atoms with Gasteiger partial charge in [-0.25, -0.2) is 5.43 Å². The van der Waals surface area contributed by atoms with Crippen LogP contribution in [-0.4, -0.2) is 18.1 Å². The standard InChI is InChI=1S/C7H16N2/c1-4-7-8-9(5-2)6-3/h5,8H,2,4,6-7H2,1,3H3. The molecule has 0 aliphatic carbocycles. The molecule has 0 unspecified atom stereocenters. The molecule has 0 spiro atoms. The largest absolute Gasteiger partial charge is 0.317 e. The van der Waals surface area contributed by atoms with E-state index < -0.39 is 0 Å². The second kappa shape index (κ2) is 5.63. The minimum Gasteiger partial charge on any atom is -0.317 e. The molecule has 0 fully saturated rings. The first-order valence-corrected chi connectivity index (χ1v) is 3.47. The monoisotopic (exact) mass is 128 g/mol. The van der Waals surface area contributed by atoms with Crippen molar-refractivity contribution < 1.29 is 0 Å². The van der Waals surface area contributed by atoms with Crippen molar-refractivity contribution in [2.75, 3.05) is 13.1 Å². The predicted octanol–water partition coefficient (Wildman–Crippen LogP) is 1.37. The topological polar surface area (TPSA) is 15.3 Å². The van der Waals surface area contributed by atoms with Crippen molar-refractivity contribution in [2.24, 2.45) is 0 Å². The Kier molecular flexibility index (Phi) is 5.32. The van der Waals surface area contributed by atoms with Crippen molar-refractivity contribution >= 4 is 0 Å². The molecule has 0 saturated carbocycles. The summed E-state index contributed by atoms with van der Waals surface area (Å²) in [5, 5.41) is 1.98. The van der Waals surface area contributed by atoms with Gasteiger partial charge in [-0.3, -0.25) is 0 Å². The third kappa shape index (κ3) is 4.03. The molecule has 0 aromatic rings. The van der Waals surface area contributed by atoms with E-state index in [-0.39, 0.29) is 0 Å². The van der Waals surface area contributed by atoms with Crippen molar-refractivity contribution in [3.63, 3.8) is 0 Å². The van der Waals surface area contributed by atoms with Gasteiger partial charge in [0.25, 0.3) is 0 Å². The summed E-state index contributed by atoms with van der Waals surface area (Å²) in [5.74, 6) is 0. The van der Waals surface area contributed by atoms with E-state index in [2.05, 4.69) is 25.9 Å². The Morgan fingerprint density at radius 3 is 2.56 bits per heavy atom. The highest BCUT2D eigenvalue weighted by Crippen LogP contribution is 1.80. The van der Waals surface area contributed by atoms with Crippen LogP contribution in [0.3, 0.4) is 0 Å². The van der Waals surface area contributed by atoms with E-state index in [0.717, 1.165) is 19.5 Å². The Hall–Kier alpha value is -0.500. The van der Waals surface area contributed by atoms with Crippen LogP contribution in [0.5, 0.6) is 0 Å². The van der Waals surface area contributed by atoms with Gasteiger partial charge in [0.2, 0.25) is 0 Å². The van der Waals surface area contributed by atoms with Crippen molar-refractivity contribution in [1.82, 2.24) is 10.4 Å². The van der Waals surface area contributed by atoms with E-state index in [9.17, 15) is 0 Å². The van der Waals surface area contributed by atoms with Gasteiger partial charge >= 0.3 is 0 Å². The number of nitrogens with one attached hydrogen (secondary N) is 1. The Bertz CT molecular complexity index is 71.3. The van der Waals surface area contributed by atoms with Gasteiger partial charge in [0.05, 0.1) is 0 Å². The highest BCUT2D eigenvalue weighted by atomic mass is 15.5. The number of nitrogens with zero attached hydrogens (tertiary/aromatic N) is 1. The minimum atomic E-state index is 0.976. The molecule has 0 heterocycles. The first-order chi connectivity index (χ1) is 4.35. The first kappa shape index (κ1) is 8.50. The summed E-state index contributed by atoms with van der Waals surface area (Å²) in [7, 11) is 0. The van der Waals surface area contributed by atoms with Crippen LogP contribution >= 0.6 is 0 Å². The van der Waals surface area contributed by atoms with Crippen molar-refractivity contribution in [3.05, 3.63) is 12.8 Å². The lowest BCUT2D eigenvalue weighted by molar-refractivity contribution is 0.285. The molecular weight excluding hydrogens is 112 g/mol. The van der Waals surface area contributed by atoms with Gasteiger partial charge in [-0.1, -0.05) is 13.5 Å². The second-order valence-corrected chi connectivity index (χ2v) is 1.88. The molecule has 0 atom stereocenters. The summed E-state index contributed by atoms with van der Waals surface area (Å²) in [6, 6.07) is 0. The number of rotatable bonds is 5. The van der Waals surface area contributed by atoms with Gasteiger partial charge in [-0.15, -0.1) is 0 Å². The second-order valence-electron chi connectivity index (χ2n) is 1.88. The lowest BCUT2D eigenvalue weighted by Gasteiger charge is -2.17. The van der Waals surface area contributed by atoms with Crippen LogP contribution in [-0.2, 0) is 0 Å². The van der Waals surface area contributed by atoms with Crippen LogP contribution < -0.4 is 5.43 Å². The SMILES string of the molecule is C=CN(CC)NCCC. The minimum absolute atomic E-state index is 0.976. The van der Waals surface area contributed by atoms with E-state index >= 15 is 0 Å². The van der Waals surface area contributed by atoms with Crippen LogP contribution in [0.1, 0.15) is 20.3 Å². The molecule has 1 N–H and O–H groups in total. The number of hydrogen-bond acceptors (Lipinski definition) is 2. The van der Waals surface area contributed by atoms with E-state index in [1.54, 1.807) is 6.20 Å². The summed E-state index contributed by atoms with van der Waals surface area (Å²) in [4.78, 5) is 0. The van der Waals surface area contributed by atoms with E-state index in [4.69, 9.17) is 0 Å². The summed E-state index contributed by atoms with van der Waals surface area (Å²) in [5.41, 5.74) is 3.18. The van der Waals surface area contributed by atoms with Crippen LogP contribution in [0.15, 0.2) is 12.8 Å². The molecule has 9 heavy (non-hydrogen) atoms. The molecule has 54 valence electrons. The van der Waals surface area contributed by atoms with Gasteiger partial charge in [0, 0.05) is 19.3 Å². The van der Waals surface area contributed by atoms with E-state index in [1.165, 1.54) is 0 Å². The lowest BCUT2D eigenvalue weighted by atomic mass is 10.5.